The number of quaternary nitrogens is 1. The quantitative estimate of drug-likeness (QED) is 0.769. The number of ether oxygens (including phenoxy) is 2. The number of rotatable bonds is 6. The molecule has 1 unspecified atom stereocenters. The molecule has 1 aromatic rings. The van der Waals surface area contributed by atoms with Crippen molar-refractivity contribution in [3.8, 4) is 5.75 Å². The molecule has 0 aliphatic rings. The van der Waals surface area contributed by atoms with Gasteiger partial charge < -0.3 is 14.4 Å². The van der Waals surface area contributed by atoms with Gasteiger partial charge in [0.1, 0.15) is 12.3 Å². The van der Waals surface area contributed by atoms with Crippen molar-refractivity contribution in [1.29, 1.82) is 0 Å². The summed E-state index contributed by atoms with van der Waals surface area (Å²) in [5, 5.41) is 2.17. The molecule has 2 N–H and O–H groups in total. The van der Waals surface area contributed by atoms with E-state index in [9.17, 15) is 9.59 Å². The van der Waals surface area contributed by atoms with Gasteiger partial charge in [-0.2, -0.15) is 0 Å². The molecule has 0 bridgehead atoms. The van der Waals surface area contributed by atoms with Crippen LogP contribution in [0.2, 0.25) is 0 Å². The van der Waals surface area contributed by atoms with E-state index >= 15 is 0 Å². The van der Waals surface area contributed by atoms with E-state index in [2.05, 4.69) is 10.1 Å². The fourth-order valence-electron chi connectivity index (χ4n) is 1.75. The number of carbonyl (C=O) groups is 2. The van der Waals surface area contributed by atoms with Gasteiger partial charge in [-0.25, -0.2) is 4.79 Å². The Kier molecular flexibility index (Phi) is 6.52. The van der Waals surface area contributed by atoms with E-state index in [4.69, 9.17) is 4.74 Å². The predicted octanol–water partition coefficient (Wildman–Crippen LogP) is -0.0174. The van der Waals surface area contributed by atoms with Crippen molar-refractivity contribution in [3.63, 3.8) is 0 Å². The third-order valence-corrected chi connectivity index (χ3v) is 2.64. The van der Waals surface area contributed by atoms with Crippen LogP contribution < -0.4 is 15.0 Å². The summed E-state index contributed by atoms with van der Waals surface area (Å²) in [4.78, 5) is 23.6. The smallest absolute Gasteiger partial charge is 0.414 e. The topological polar surface area (TPSA) is 69.1 Å². The maximum absolute atomic E-state index is 11.6. The van der Waals surface area contributed by atoms with Crippen molar-refractivity contribution < 1.29 is 24.0 Å². The summed E-state index contributed by atoms with van der Waals surface area (Å²) in [6, 6.07) is 7.65. The van der Waals surface area contributed by atoms with Gasteiger partial charge in [0.25, 0.3) is 5.91 Å². The van der Waals surface area contributed by atoms with Gasteiger partial charge in [0.05, 0.1) is 20.8 Å². The number of alkyl carbamates (subject to hydrolysis) is 1. The highest BCUT2D eigenvalue weighted by Gasteiger charge is 2.13. The predicted molar refractivity (Wildman–Crippen MR) is 73.6 cm³/mol. The van der Waals surface area contributed by atoms with E-state index in [1.165, 1.54) is 0 Å². The van der Waals surface area contributed by atoms with Gasteiger partial charge in [-0.3, -0.25) is 10.1 Å². The van der Waals surface area contributed by atoms with E-state index in [1.54, 1.807) is 14.0 Å². The largest absolute Gasteiger partial charge is 0.497 e. The molecular weight excluding hydrogens is 260 g/mol. The first-order valence-electron chi connectivity index (χ1n) is 6.46. The molecule has 0 fully saturated rings. The Morgan fingerprint density at radius 1 is 1.25 bits per heavy atom. The monoisotopic (exact) mass is 281 g/mol. The highest BCUT2D eigenvalue weighted by atomic mass is 16.5. The Labute approximate surface area is 118 Å². The maximum atomic E-state index is 11.6. The highest BCUT2D eigenvalue weighted by molar-refractivity contribution is 5.92. The van der Waals surface area contributed by atoms with Crippen molar-refractivity contribution in [3.05, 3.63) is 29.8 Å². The first-order chi connectivity index (χ1) is 9.55. The summed E-state index contributed by atoms with van der Waals surface area (Å²) >= 11 is 0. The summed E-state index contributed by atoms with van der Waals surface area (Å²) < 4.78 is 9.73. The average Bonchev–Trinajstić information content (AvgIpc) is 2.39. The second kappa shape index (κ2) is 8.16. The molecule has 2 amide bonds. The molecule has 0 radical (unpaired) electrons. The van der Waals surface area contributed by atoms with Gasteiger partial charge >= 0.3 is 6.09 Å². The van der Waals surface area contributed by atoms with Crippen LogP contribution in [0.1, 0.15) is 12.5 Å². The van der Waals surface area contributed by atoms with Gasteiger partial charge in [0, 0.05) is 5.56 Å². The molecule has 0 saturated carbocycles. The third kappa shape index (κ3) is 5.71. The van der Waals surface area contributed by atoms with E-state index in [-0.39, 0.29) is 19.1 Å². The number of benzene rings is 1. The molecule has 0 saturated heterocycles. The second-order valence-corrected chi connectivity index (χ2v) is 4.43. The molecule has 1 aromatic carbocycles. The Morgan fingerprint density at radius 3 is 2.45 bits per heavy atom. The summed E-state index contributed by atoms with van der Waals surface area (Å²) in [6.07, 6.45) is -0.699. The summed E-state index contributed by atoms with van der Waals surface area (Å²) in [5.41, 5.74) is 1.09. The number of likely N-dealkylation sites (N-methyl/N-ethyl adjacent to an activating group) is 1. The van der Waals surface area contributed by atoms with Gasteiger partial charge in [0.15, 0.2) is 6.54 Å². The van der Waals surface area contributed by atoms with Crippen molar-refractivity contribution in [2.75, 3.05) is 27.3 Å². The summed E-state index contributed by atoms with van der Waals surface area (Å²) in [7, 11) is 3.50. The number of imide groups is 1. The van der Waals surface area contributed by atoms with Crippen LogP contribution >= 0.6 is 0 Å². The van der Waals surface area contributed by atoms with Crippen LogP contribution in [0, 0.1) is 0 Å². The van der Waals surface area contributed by atoms with Crippen molar-refractivity contribution in [2.45, 2.75) is 13.5 Å². The lowest BCUT2D eigenvalue weighted by atomic mass is 10.2. The molecule has 20 heavy (non-hydrogen) atoms. The molecule has 0 aromatic heterocycles. The van der Waals surface area contributed by atoms with Crippen molar-refractivity contribution in [2.24, 2.45) is 0 Å². The lowest BCUT2D eigenvalue weighted by molar-refractivity contribution is -0.885. The first kappa shape index (κ1) is 16.0. The summed E-state index contributed by atoms with van der Waals surface area (Å²) in [5.74, 6) is 0.445. The van der Waals surface area contributed by atoms with Gasteiger partial charge in [-0.15, -0.1) is 0 Å². The normalized spacial score (nSPS) is 11.6. The molecule has 0 heterocycles. The molecule has 1 atom stereocenters. The van der Waals surface area contributed by atoms with Crippen molar-refractivity contribution in [1.82, 2.24) is 5.32 Å². The lowest BCUT2D eigenvalue weighted by Gasteiger charge is -2.13. The van der Waals surface area contributed by atoms with Crippen LogP contribution in [-0.2, 0) is 16.1 Å². The molecule has 0 aliphatic heterocycles. The molecule has 0 spiro atoms. The standard InChI is InChI=1S/C14H20N2O4/c1-4-20-14(18)15-13(17)10-16(2)9-11-5-7-12(19-3)8-6-11/h5-8H,4,9-10H2,1-3H3,(H,15,17,18)/p+1. The number of hydrogen-bond donors (Lipinski definition) is 2. The Hall–Kier alpha value is -2.08. The number of carbonyl (C=O) groups excluding carboxylic acids is 2. The minimum atomic E-state index is -0.699. The summed E-state index contributed by atoms with van der Waals surface area (Å²) in [6.45, 7) is 2.81. The molecule has 110 valence electrons. The zero-order chi connectivity index (χ0) is 15.0. The van der Waals surface area contributed by atoms with E-state index in [0.29, 0.717) is 6.54 Å². The number of amides is 2. The number of methoxy groups -OCH3 is 1. The Balaban J connectivity index is 2.40. The van der Waals surface area contributed by atoms with Crippen LogP contribution in [0.25, 0.3) is 0 Å². The minimum Gasteiger partial charge on any atom is -0.497 e. The molecule has 0 aliphatic carbocycles. The fraction of sp³-hybridized carbons (Fsp3) is 0.429. The molecule has 1 rings (SSSR count). The van der Waals surface area contributed by atoms with Gasteiger partial charge in [-0.1, -0.05) is 0 Å². The van der Waals surface area contributed by atoms with Crippen LogP contribution in [0.5, 0.6) is 5.75 Å². The lowest BCUT2D eigenvalue weighted by Crippen LogP contribution is -3.08. The molecule has 6 nitrogen and oxygen atoms in total. The van der Waals surface area contributed by atoms with Gasteiger partial charge in [0.2, 0.25) is 0 Å². The highest BCUT2D eigenvalue weighted by Crippen LogP contribution is 2.10. The second-order valence-electron chi connectivity index (χ2n) is 4.43. The molecule has 6 heteroatoms. The Bertz CT molecular complexity index is 445. The van der Waals surface area contributed by atoms with Crippen LogP contribution in [0.15, 0.2) is 24.3 Å². The van der Waals surface area contributed by atoms with Crippen LogP contribution in [-0.4, -0.2) is 39.3 Å². The van der Waals surface area contributed by atoms with Crippen LogP contribution in [0.3, 0.4) is 0 Å². The van der Waals surface area contributed by atoms with Gasteiger partial charge in [-0.05, 0) is 31.2 Å². The van der Waals surface area contributed by atoms with Crippen molar-refractivity contribution >= 4 is 12.0 Å². The zero-order valence-electron chi connectivity index (χ0n) is 12.1. The number of nitrogens with one attached hydrogen (secondary N) is 2. The minimum absolute atomic E-state index is 0.199. The van der Waals surface area contributed by atoms with E-state index in [0.717, 1.165) is 16.2 Å². The van der Waals surface area contributed by atoms with E-state index in [1.807, 2.05) is 31.3 Å². The SMILES string of the molecule is CCOC(=O)NC(=O)C[NH+](C)Cc1ccc(OC)cc1. The van der Waals surface area contributed by atoms with Crippen LogP contribution in [0.4, 0.5) is 4.79 Å². The Morgan fingerprint density at radius 2 is 1.90 bits per heavy atom. The fourth-order valence-corrected chi connectivity index (χ4v) is 1.75. The first-order valence-corrected chi connectivity index (χ1v) is 6.46. The van der Waals surface area contributed by atoms with E-state index < -0.39 is 6.09 Å². The maximum Gasteiger partial charge on any atom is 0.414 e. The molecular formula is C14H21N2O4+. The number of hydrogen-bond acceptors (Lipinski definition) is 4. The third-order valence-electron chi connectivity index (χ3n) is 2.64. The average molecular weight is 281 g/mol. The zero-order valence-corrected chi connectivity index (χ0v) is 12.1.